The molecular formula is C19H16IN. The molecule has 3 aromatic carbocycles. The molecule has 0 bridgehead atoms. The molecule has 104 valence electrons. The van der Waals surface area contributed by atoms with Crippen molar-refractivity contribution in [2.75, 3.05) is 5.32 Å². The summed E-state index contributed by atoms with van der Waals surface area (Å²) in [4.78, 5) is 0. The second-order valence-electron chi connectivity index (χ2n) is 4.92. The highest BCUT2D eigenvalue weighted by Gasteiger charge is 1.98. The fraction of sp³-hybridized carbons (Fsp3) is 0.0526. The Morgan fingerprint density at radius 1 is 0.667 bits per heavy atom. The minimum atomic E-state index is 0.849. The summed E-state index contributed by atoms with van der Waals surface area (Å²) in [5, 5.41) is 3.46. The van der Waals surface area contributed by atoms with Crippen LogP contribution in [0.2, 0.25) is 0 Å². The zero-order valence-electron chi connectivity index (χ0n) is 11.6. The summed E-state index contributed by atoms with van der Waals surface area (Å²) in [7, 11) is 0. The van der Waals surface area contributed by atoms with Crippen LogP contribution in [0, 0.1) is 3.57 Å². The number of nitrogens with one attached hydrogen (secondary N) is 1. The van der Waals surface area contributed by atoms with Crippen LogP contribution in [-0.2, 0) is 6.54 Å². The largest absolute Gasteiger partial charge is 0.381 e. The summed E-state index contributed by atoms with van der Waals surface area (Å²) in [5.74, 6) is 0. The van der Waals surface area contributed by atoms with Crippen molar-refractivity contribution < 1.29 is 0 Å². The van der Waals surface area contributed by atoms with E-state index in [1.807, 2.05) is 6.07 Å². The van der Waals surface area contributed by atoms with Crippen molar-refractivity contribution in [1.82, 2.24) is 0 Å². The Kier molecular flexibility index (Phi) is 4.55. The van der Waals surface area contributed by atoms with Gasteiger partial charge in [-0.25, -0.2) is 0 Å². The summed E-state index contributed by atoms with van der Waals surface area (Å²) in [6, 6.07) is 27.6. The van der Waals surface area contributed by atoms with Gasteiger partial charge < -0.3 is 5.32 Å². The molecule has 0 aliphatic heterocycles. The van der Waals surface area contributed by atoms with Crippen molar-refractivity contribution in [3.05, 3.63) is 88.0 Å². The van der Waals surface area contributed by atoms with Crippen molar-refractivity contribution in [3.8, 4) is 11.1 Å². The normalized spacial score (nSPS) is 10.3. The van der Waals surface area contributed by atoms with Gasteiger partial charge in [-0.05, 0) is 63.5 Å². The van der Waals surface area contributed by atoms with Crippen LogP contribution in [0.25, 0.3) is 11.1 Å². The number of rotatable bonds is 4. The van der Waals surface area contributed by atoms with Crippen molar-refractivity contribution in [3.63, 3.8) is 0 Å². The summed E-state index contributed by atoms with van der Waals surface area (Å²) in [6.07, 6.45) is 0. The van der Waals surface area contributed by atoms with Crippen LogP contribution in [0.15, 0.2) is 78.9 Å². The highest BCUT2D eigenvalue weighted by Crippen LogP contribution is 2.21. The highest BCUT2D eigenvalue weighted by molar-refractivity contribution is 14.1. The predicted octanol–water partition coefficient (Wildman–Crippen LogP) is 5.57. The van der Waals surface area contributed by atoms with E-state index in [1.165, 1.54) is 20.3 Å². The molecule has 0 aliphatic carbocycles. The molecule has 1 N–H and O–H groups in total. The molecule has 3 rings (SSSR count). The first kappa shape index (κ1) is 14.1. The van der Waals surface area contributed by atoms with E-state index >= 15 is 0 Å². The van der Waals surface area contributed by atoms with Gasteiger partial charge >= 0.3 is 0 Å². The van der Waals surface area contributed by atoms with E-state index in [1.54, 1.807) is 0 Å². The van der Waals surface area contributed by atoms with Gasteiger partial charge in [-0.2, -0.15) is 0 Å². The van der Waals surface area contributed by atoms with E-state index in [2.05, 4.69) is 101 Å². The van der Waals surface area contributed by atoms with Crippen LogP contribution in [-0.4, -0.2) is 0 Å². The molecule has 0 amide bonds. The van der Waals surface area contributed by atoms with Gasteiger partial charge in [0.25, 0.3) is 0 Å². The molecule has 0 fully saturated rings. The van der Waals surface area contributed by atoms with E-state index in [0.29, 0.717) is 0 Å². The number of benzene rings is 3. The number of anilines is 1. The molecule has 0 aromatic heterocycles. The summed E-state index contributed by atoms with van der Waals surface area (Å²) >= 11 is 2.33. The van der Waals surface area contributed by atoms with Gasteiger partial charge in [0, 0.05) is 15.8 Å². The van der Waals surface area contributed by atoms with Crippen molar-refractivity contribution >= 4 is 28.3 Å². The topological polar surface area (TPSA) is 12.0 Å². The molecule has 1 nitrogen and oxygen atoms in total. The van der Waals surface area contributed by atoms with Crippen LogP contribution in [0.4, 0.5) is 5.69 Å². The van der Waals surface area contributed by atoms with Gasteiger partial charge in [0.15, 0.2) is 0 Å². The molecule has 21 heavy (non-hydrogen) atoms. The van der Waals surface area contributed by atoms with Crippen LogP contribution < -0.4 is 5.32 Å². The molecule has 0 aliphatic rings. The Hall–Kier alpha value is -1.81. The molecule has 3 aromatic rings. The van der Waals surface area contributed by atoms with Crippen molar-refractivity contribution in [2.24, 2.45) is 0 Å². The Balaban J connectivity index is 1.66. The van der Waals surface area contributed by atoms with E-state index in [9.17, 15) is 0 Å². The fourth-order valence-corrected chi connectivity index (χ4v) is 2.58. The Morgan fingerprint density at radius 3 is 1.95 bits per heavy atom. The summed E-state index contributed by atoms with van der Waals surface area (Å²) < 4.78 is 1.27. The molecular weight excluding hydrogens is 369 g/mol. The van der Waals surface area contributed by atoms with E-state index in [0.717, 1.165) is 12.2 Å². The average molecular weight is 385 g/mol. The SMILES string of the molecule is Ic1ccc(CNc2ccc(-c3ccccc3)cc2)cc1. The zero-order chi connectivity index (χ0) is 14.5. The molecule has 0 saturated heterocycles. The standard InChI is InChI=1S/C19H16IN/c20-18-10-6-15(7-11-18)14-21-19-12-8-17(9-13-19)16-4-2-1-3-5-16/h1-13,21H,14H2. The van der Waals surface area contributed by atoms with Crippen LogP contribution >= 0.6 is 22.6 Å². The maximum absolute atomic E-state index is 3.46. The Bertz CT molecular complexity index is 688. The summed E-state index contributed by atoms with van der Waals surface area (Å²) in [5.41, 5.74) is 4.94. The highest BCUT2D eigenvalue weighted by atomic mass is 127. The number of halogens is 1. The van der Waals surface area contributed by atoms with Gasteiger partial charge in [-0.3, -0.25) is 0 Å². The zero-order valence-corrected chi connectivity index (χ0v) is 13.7. The molecule has 0 radical (unpaired) electrons. The number of hydrogen-bond acceptors (Lipinski definition) is 1. The Morgan fingerprint density at radius 2 is 1.29 bits per heavy atom. The Labute approximate surface area is 139 Å². The third-order valence-electron chi connectivity index (χ3n) is 3.40. The van der Waals surface area contributed by atoms with Gasteiger partial charge in [-0.1, -0.05) is 54.6 Å². The van der Waals surface area contributed by atoms with Crippen molar-refractivity contribution in [2.45, 2.75) is 6.54 Å². The van der Waals surface area contributed by atoms with Crippen LogP contribution in [0.5, 0.6) is 0 Å². The first-order valence-electron chi connectivity index (χ1n) is 6.95. The first-order valence-corrected chi connectivity index (χ1v) is 8.03. The average Bonchev–Trinajstić information content (AvgIpc) is 2.56. The van der Waals surface area contributed by atoms with Gasteiger partial charge in [-0.15, -0.1) is 0 Å². The van der Waals surface area contributed by atoms with E-state index in [4.69, 9.17) is 0 Å². The molecule has 2 heteroatoms. The van der Waals surface area contributed by atoms with Gasteiger partial charge in [0.2, 0.25) is 0 Å². The van der Waals surface area contributed by atoms with E-state index < -0.39 is 0 Å². The lowest BCUT2D eigenvalue weighted by Crippen LogP contribution is -1.98. The monoisotopic (exact) mass is 385 g/mol. The molecule has 0 heterocycles. The minimum Gasteiger partial charge on any atom is -0.381 e. The predicted molar refractivity (Wildman–Crippen MR) is 98.4 cm³/mol. The fourth-order valence-electron chi connectivity index (χ4n) is 2.22. The second kappa shape index (κ2) is 6.76. The smallest absolute Gasteiger partial charge is 0.0400 e. The quantitative estimate of drug-likeness (QED) is 0.579. The summed E-state index contributed by atoms with van der Waals surface area (Å²) in [6.45, 7) is 0.849. The molecule has 0 unspecified atom stereocenters. The second-order valence-corrected chi connectivity index (χ2v) is 6.17. The van der Waals surface area contributed by atoms with Gasteiger partial charge in [0.1, 0.15) is 0 Å². The number of hydrogen-bond donors (Lipinski definition) is 1. The minimum absolute atomic E-state index is 0.849. The maximum Gasteiger partial charge on any atom is 0.0400 e. The van der Waals surface area contributed by atoms with E-state index in [-0.39, 0.29) is 0 Å². The lowest BCUT2D eigenvalue weighted by atomic mass is 10.1. The van der Waals surface area contributed by atoms with Crippen LogP contribution in [0.3, 0.4) is 0 Å². The molecule has 0 spiro atoms. The van der Waals surface area contributed by atoms with Crippen molar-refractivity contribution in [1.29, 1.82) is 0 Å². The lowest BCUT2D eigenvalue weighted by Gasteiger charge is -2.08. The maximum atomic E-state index is 3.46. The third kappa shape index (κ3) is 3.85. The third-order valence-corrected chi connectivity index (χ3v) is 4.12. The van der Waals surface area contributed by atoms with Gasteiger partial charge in [0.05, 0.1) is 0 Å². The molecule has 0 saturated carbocycles. The lowest BCUT2D eigenvalue weighted by molar-refractivity contribution is 1.15. The molecule has 0 atom stereocenters. The first-order chi connectivity index (χ1) is 10.3. The van der Waals surface area contributed by atoms with Crippen LogP contribution in [0.1, 0.15) is 5.56 Å².